The molecule has 0 fully saturated rings. The maximum absolute atomic E-state index is 12.4. The van der Waals surface area contributed by atoms with E-state index in [9.17, 15) is 22.8 Å². The Kier molecular flexibility index (Phi) is 6.36. The molecule has 0 radical (unpaired) electrons. The third-order valence-electron chi connectivity index (χ3n) is 2.97. The van der Waals surface area contributed by atoms with Gasteiger partial charge in [-0.2, -0.15) is 13.2 Å². The fourth-order valence-electron chi connectivity index (χ4n) is 1.83. The van der Waals surface area contributed by atoms with Crippen molar-refractivity contribution >= 4 is 11.8 Å². The molecule has 0 aromatic heterocycles. The summed E-state index contributed by atoms with van der Waals surface area (Å²) in [5.74, 6) is -0.596. The maximum atomic E-state index is 12.4. The Morgan fingerprint density at radius 1 is 1.14 bits per heavy atom. The van der Waals surface area contributed by atoms with Gasteiger partial charge in [0.05, 0.1) is 19.2 Å². The van der Waals surface area contributed by atoms with Crippen molar-refractivity contribution in [1.29, 1.82) is 0 Å². The van der Waals surface area contributed by atoms with Crippen LogP contribution in [0, 0.1) is 0 Å². The van der Waals surface area contributed by atoms with Gasteiger partial charge < -0.3 is 15.5 Å². The number of likely N-dealkylation sites (N-methyl/N-ethyl adjacent to an activating group) is 2. The molecule has 22 heavy (non-hydrogen) atoms. The number of benzene rings is 1. The van der Waals surface area contributed by atoms with Gasteiger partial charge in [-0.15, -0.1) is 0 Å². The Hall–Kier alpha value is -2.09. The number of hydrogen-bond donors (Lipinski definition) is 3. The lowest BCUT2D eigenvalue weighted by Gasteiger charge is -2.14. The van der Waals surface area contributed by atoms with Crippen LogP contribution in [-0.4, -0.2) is 39.0 Å². The van der Waals surface area contributed by atoms with Crippen molar-refractivity contribution in [3.8, 4) is 0 Å². The Balaban J connectivity index is 2.46. The van der Waals surface area contributed by atoms with Crippen LogP contribution in [-0.2, 0) is 22.3 Å². The second kappa shape index (κ2) is 7.79. The number of amides is 2. The van der Waals surface area contributed by atoms with Crippen LogP contribution in [0.1, 0.15) is 11.1 Å². The van der Waals surface area contributed by atoms with E-state index in [0.717, 1.165) is 17.0 Å². The van der Waals surface area contributed by atoms with Gasteiger partial charge in [-0.1, -0.05) is 12.1 Å². The maximum Gasteiger partial charge on any atom is 0.416 e. The highest BCUT2D eigenvalue weighted by Gasteiger charge is 2.30. The molecule has 122 valence electrons. The van der Waals surface area contributed by atoms with Gasteiger partial charge in [-0.3, -0.25) is 9.59 Å². The van der Waals surface area contributed by atoms with Crippen LogP contribution in [0.5, 0.6) is 0 Å². The van der Waals surface area contributed by atoms with Gasteiger partial charge in [0.2, 0.25) is 5.91 Å². The molecule has 0 aliphatic rings. The molecule has 0 saturated heterocycles. The minimum atomic E-state index is -4.35. The Labute approximate surface area is 126 Å². The van der Waals surface area contributed by atoms with Crippen molar-refractivity contribution in [3.63, 3.8) is 0 Å². The molecule has 1 aromatic rings. The van der Waals surface area contributed by atoms with E-state index in [1.54, 1.807) is 7.05 Å². The molecule has 2 amide bonds. The highest BCUT2D eigenvalue weighted by molar-refractivity contribution is 5.84. The summed E-state index contributed by atoms with van der Waals surface area (Å²) in [5.41, 5.74) is 0.00169. The highest BCUT2D eigenvalue weighted by Crippen LogP contribution is 2.28. The van der Waals surface area contributed by atoms with Crippen molar-refractivity contribution < 1.29 is 27.7 Å². The van der Waals surface area contributed by atoms with Crippen LogP contribution in [0.15, 0.2) is 24.3 Å². The number of rotatable bonds is 6. The Bertz CT molecular complexity index is 515. The van der Waals surface area contributed by atoms with Crippen LogP contribution in [0.4, 0.5) is 13.2 Å². The normalized spacial score (nSPS) is 12.6. The topological polar surface area (TPSA) is 62.6 Å². The fourth-order valence-corrected chi connectivity index (χ4v) is 1.83. The van der Waals surface area contributed by atoms with E-state index >= 15 is 0 Å². The third kappa shape index (κ3) is 6.13. The summed E-state index contributed by atoms with van der Waals surface area (Å²) in [4.78, 5) is 23.4. The summed E-state index contributed by atoms with van der Waals surface area (Å²) in [5, 5.41) is 4.84. The summed E-state index contributed by atoms with van der Waals surface area (Å²) >= 11 is 0. The van der Waals surface area contributed by atoms with E-state index in [1.807, 2.05) is 0 Å². The summed E-state index contributed by atoms with van der Waals surface area (Å²) < 4.78 is 37.3. The summed E-state index contributed by atoms with van der Waals surface area (Å²) in [7, 11) is 3.22. The second-order valence-corrected chi connectivity index (χ2v) is 4.96. The molecule has 0 aliphatic heterocycles. The largest absolute Gasteiger partial charge is 0.416 e. The number of hydrogen-bond acceptors (Lipinski definition) is 2. The van der Waals surface area contributed by atoms with E-state index in [0.29, 0.717) is 12.1 Å². The molecule has 0 saturated carbocycles. The molecule has 0 bridgehead atoms. The summed E-state index contributed by atoms with van der Waals surface area (Å²) in [6, 6.07) is 4.84. The van der Waals surface area contributed by atoms with Gasteiger partial charge in [0.15, 0.2) is 6.54 Å². The van der Waals surface area contributed by atoms with E-state index in [1.165, 1.54) is 19.2 Å². The van der Waals surface area contributed by atoms with E-state index in [-0.39, 0.29) is 24.9 Å². The number of halogens is 3. The zero-order chi connectivity index (χ0) is 16.8. The quantitative estimate of drug-likeness (QED) is 0.667. The SMILES string of the molecule is CNC(=O)CNC(=O)C[NH+](C)Cc1ccc(C(F)(F)F)cc1. The van der Waals surface area contributed by atoms with Gasteiger partial charge in [-0.25, -0.2) is 0 Å². The zero-order valence-corrected chi connectivity index (χ0v) is 12.4. The number of carbonyl (C=O) groups excluding carboxylic acids is 2. The molecule has 1 aromatic carbocycles. The van der Waals surface area contributed by atoms with Crippen LogP contribution >= 0.6 is 0 Å². The van der Waals surface area contributed by atoms with Crippen molar-refractivity contribution in [1.82, 2.24) is 10.6 Å². The number of nitrogens with one attached hydrogen (secondary N) is 3. The fraction of sp³-hybridized carbons (Fsp3) is 0.429. The van der Waals surface area contributed by atoms with E-state index in [4.69, 9.17) is 0 Å². The summed E-state index contributed by atoms with van der Waals surface area (Å²) in [6.07, 6.45) is -4.35. The minimum Gasteiger partial charge on any atom is -0.358 e. The van der Waals surface area contributed by atoms with Gasteiger partial charge in [-0.05, 0) is 12.1 Å². The summed E-state index contributed by atoms with van der Waals surface area (Å²) in [6.45, 7) is 0.437. The first-order valence-electron chi connectivity index (χ1n) is 6.67. The molecule has 0 aliphatic carbocycles. The lowest BCUT2D eigenvalue weighted by atomic mass is 10.1. The number of carbonyl (C=O) groups is 2. The molecular weight excluding hydrogens is 299 g/mol. The molecule has 0 heterocycles. The molecule has 5 nitrogen and oxygen atoms in total. The monoisotopic (exact) mass is 318 g/mol. The predicted molar refractivity (Wildman–Crippen MR) is 74.0 cm³/mol. The third-order valence-corrected chi connectivity index (χ3v) is 2.97. The van der Waals surface area contributed by atoms with E-state index < -0.39 is 11.7 Å². The number of quaternary nitrogens is 1. The first-order chi connectivity index (χ1) is 10.2. The van der Waals surface area contributed by atoms with Crippen LogP contribution in [0.3, 0.4) is 0 Å². The van der Waals surface area contributed by atoms with Crippen molar-refractivity contribution in [2.75, 3.05) is 27.2 Å². The van der Waals surface area contributed by atoms with Crippen LogP contribution in [0.25, 0.3) is 0 Å². The van der Waals surface area contributed by atoms with E-state index in [2.05, 4.69) is 10.6 Å². The van der Waals surface area contributed by atoms with Crippen LogP contribution in [0.2, 0.25) is 0 Å². The van der Waals surface area contributed by atoms with Gasteiger partial charge in [0.25, 0.3) is 5.91 Å². The Morgan fingerprint density at radius 3 is 2.23 bits per heavy atom. The molecule has 1 rings (SSSR count). The highest BCUT2D eigenvalue weighted by atomic mass is 19.4. The molecule has 3 N–H and O–H groups in total. The second-order valence-electron chi connectivity index (χ2n) is 4.96. The first kappa shape index (κ1) is 18.0. The lowest BCUT2D eigenvalue weighted by molar-refractivity contribution is -0.885. The smallest absolute Gasteiger partial charge is 0.358 e. The standard InChI is InChI=1S/C14H18F3N3O2/c1-18-12(21)7-19-13(22)9-20(2)8-10-3-5-11(6-4-10)14(15,16)17/h3-6H,7-9H2,1-2H3,(H,18,21)(H,19,22)/p+1. The predicted octanol–water partition coefficient (Wildman–Crippen LogP) is -0.418. The van der Waals surface area contributed by atoms with Gasteiger partial charge in [0.1, 0.15) is 6.54 Å². The molecule has 0 spiro atoms. The first-order valence-corrected chi connectivity index (χ1v) is 6.67. The van der Waals surface area contributed by atoms with Crippen LogP contribution < -0.4 is 15.5 Å². The Morgan fingerprint density at radius 2 is 1.73 bits per heavy atom. The molecular formula is C14H19F3N3O2+. The zero-order valence-electron chi connectivity index (χ0n) is 12.4. The lowest BCUT2D eigenvalue weighted by Crippen LogP contribution is -3.08. The van der Waals surface area contributed by atoms with Gasteiger partial charge in [0, 0.05) is 12.6 Å². The van der Waals surface area contributed by atoms with Crippen molar-refractivity contribution in [2.24, 2.45) is 0 Å². The average Bonchev–Trinajstić information content (AvgIpc) is 2.44. The molecule has 8 heteroatoms. The van der Waals surface area contributed by atoms with Crippen molar-refractivity contribution in [2.45, 2.75) is 12.7 Å². The minimum absolute atomic E-state index is 0.0944. The molecule has 1 atom stereocenters. The van der Waals surface area contributed by atoms with Crippen molar-refractivity contribution in [3.05, 3.63) is 35.4 Å². The van der Waals surface area contributed by atoms with Gasteiger partial charge >= 0.3 is 6.18 Å². The molecule has 1 unspecified atom stereocenters. The average molecular weight is 318 g/mol. The number of alkyl halides is 3.